The Hall–Kier alpha value is -1.88. The van der Waals surface area contributed by atoms with E-state index in [4.69, 9.17) is 11.6 Å². The van der Waals surface area contributed by atoms with Crippen molar-refractivity contribution in [1.82, 2.24) is 0 Å². The van der Waals surface area contributed by atoms with Crippen molar-refractivity contribution in [2.45, 2.75) is 6.92 Å². The van der Waals surface area contributed by atoms with Gasteiger partial charge in [-0.25, -0.2) is 4.79 Å². The number of rotatable bonds is 4. The number of hydrogen-bond donors (Lipinski definition) is 0. The van der Waals surface area contributed by atoms with Gasteiger partial charge in [0.1, 0.15) is 0 Å². The van der Waals surface area contributed by atoms with Gasteiger partial charge < -0.3 is 4.74 Å². The van der Waals surface area contributed by atoms with E-state index in [1.54, 1.807) is 6.92 Å². The van der Waals surface area contributed by atoms with Crippen molar-refractivity contribution in [2.75, 3.05) is 6.61 Å². The second kappa shape index (κ2) is 6.00. The summed E-state index contributed by atoms with van der Waals surface area (Å²) < 4.78 is 4.67. The third-order valence-electron chi connectivity index (χ3n) is 1.87. The molecule has 5 nitrogen and oxygen atoms in total. The molecule has 0 aliphatic heterocycles. The molecule has 1 rings (SSSR count). The lowest BCUT2D eigenvalue weighted by Gasteiger charge is -1.98. The number of halogens is 1. The third-order valence-corrected chi connectivity index (χ3v) is 2.11. The maximum absolute atomic E-state index is 11.1. The molecule has 0 heterocycles. The first-order valence-electron chi connectivity index (χ1n) is 4.83. The second-order valence-corrected chi connectivity index (χ2v) is 3.48. The Labute approximate surface area is 103 Å². The summed E-state index contributed by atoms with van der Waals surface area (Å²) in [5, 5.41) is 11.0. The minimum Gasteiger partial charge on any atom is -0.463 e. The van der Waals surface area contributed by atoms with Crippen molar-refractivity contribution in [3.63, 3.8) is 0 Å². The average molecular weight is 256 g/mol. The standard InChI is InChI=1S/C11H10ClNO4/c1-2-17-11(14)6-4-8-3-5-9(12)7-10(8)13(15)16/h3-7H,2H2,1H3. The monoisotopic (exact) mass is 255 g/mol. The number of benzene rings is 1. The molecule has 1 aromatic rings. The Bertz CT molecular complexity index is 471. The molecule has 0 atom stereocenters. The normalized spacial score (nSPS) is 10.5. The fourth-order valence-electron chi connectivity index (χ4n) is 1.16. The van der Waals surface area contributed by atoms with E-state index in [0.717, 1.165) is 6.08 Å². The van der Waals surface area contributed by atoms with Gasteiger partial charge in [0.05, 0.1) is 17.1 Å². The Morgan fingerprint density at radius 3 is 2.88 bits per heavy atom. The highest BCUT2D eigenvalue weighted by atomic mass is 35.5. The molecule has 0 aliphatic rings. The largest absolute Gasteiger partial charge is 0.463 e. The number of nitrogens with zero attached hydrogens (tertiary/aromatic N) is 1. The van der Waals surface area contributed by atoms with Crippen LogP contribution in [0, 0.1) is 10.1 Å². The van der Waals surface area contributed by atoms with Gasteiger partial charge in [-0.05, 0) is 25.1 Å². The molecule has 0 spiro atoms. The quantitative estimate of drug-likeness (QED) is 0.359. The summed E-state index contributed by atoms with van der Waals surface area (Å²) in [7, 11) is 0. The number of carbonyl (C=O) groups excluding carboxylic acids is 1. The topological polar surface area (TPSA) is 69.4 Å². The predicted octanol–water partition coefficient (Wildman–Crippen LogP) is 2.82. The first kappa shape index (κ1) is 13.2. The first-order valence-corrected chi connectivity index (χ1v) is 5.21. The van der Waals surface area contributed by atoms with Gasteiger partial charge in [-0.15, -0.1) is 0 Å². The molecule has 0 fully saturated rings. The molecule has 90 valence electrons. The lowest BCUT2D eigenvalue weighted by Crippen LogP contribution is -1.99. The van der Waals surface area contributed by atoms with Crippen LogP contribution in [0.3, 0.4) is 0 Å². The van der Waals surface area contributed by atoms with Crippen LogP contribution in [0.15, 0.2) is 24.3 Å². The highest BCUT2D eigenvalue weighted by Crippen LogP contribution is 2.24. The SMILES string of the molecule is CCOC(=O)C=Cc1ccc(Cl)cc1[N+](=O)[O-]. The summed E-state index contributed by atoms with van der Waals surface area (Å²) in [4.78, 5) is 21.2. The highest BCUT2D eigenvalue weighted by molar-refractivity contribution is 6.30. The molecule has 0 saturated carbocycles. The summed E-state index contributed by atoms with van der Waals surface area (Å²) in [6.07, 6.45) is 2.46. The van der Waals surface area contributed by atoms with Crippen molar-refractivity contribution < 1.29 is 14.5 Å². The smallest absolute Gasteiger partial charge is 0.330 e. The van der Waals surface area contributed by atoms with Crippen molar-refractivity contribution in [3.8, 4) is 0 Å². The minimum absolute atomic E-state index is 0.155. The van der Waals surface area contributed by atoms with Gasteiger partial charge >= 0.3 is 5.97 Å². The van der Waals surface area contributed by atoms with Gasteiger partial charge in [0.15, 0.2) is 0 Å². The zero-order valence-corrected chi connectivity index (χ0v) is 9.81. The number of esters is 1. The fraction of sp³-hybridized carbons (Fsp3) is 0.182. The number of hydrogen-bond acceptors (Lipinski definition) is 4. The Morgan fingerprint density at radius 1 is 1.59 bits per heavy atom. The Balaban J connectivity index is 2.98. The summed E-state index contributed by atoms with van der Waals surface area (Å²) in [5.74, 6) is -0.545. The fourth-order valence-corrected chi connectivity index (χ4v) is 1.33. The molecule has 0 saturated heterocycles. The predicted molar refractivity (Wildman–Crippen MR) is 63.8 cm³/mol. The lowest BCUT2D eigenvalue weighted by molar-refractivity contribution is -0.385. The number of ether oxygens (including phenoxy) is 1. The first-order chi connectivity index (χ1) is 8.04. The van der Waals surface area contributed by atoms with Crippen LogP contribution in [-0.4, -0.2) is 17.5 Å². The van der Waals surface area contributed by atoms with E-state index in [-0.39, 0.29) is 17.3 Å². The average Bonchev–Trinajstić information content (AvgIpc) is 2.27. The third kappa shape index (κ3) is 3.88. The van der Waals surface area contributed by atoms with Crippen LogP contribution in [0.25, 0.3) is 6.08 Å². The number of nitro benzene ring substituents is 1. The summed E-state index contributed by atoms with van der Waals surface area (Å²) >= 11 is 5.65. The van der Waals surface area contributed by atoms with E-state index in [1.807, 2.05) is 0 Å². The molecule has 0 amide bonds. The lowest BCUT2D eigenvalue weighted by atomic mass is 10.1. The molecule has 0 bridgehead atoms. The van der Waals surface area contributed by atoms with E-state index < -0.39 is 10.9 Å². The molecule has 0 radical (unpaired) electrons. The Morgan fingerprint density at radius 2 is 2.29 bits per heavy atom. The van der Waals surface area contributed by atoms with E-state index in [1.165, 1.54) is 24.3 Å². The molecule has 0 unspecified atom stereocenters. The van der Waals surface area contributed by atoms with E-state index in [0.29, 0.717) is 5.56 Å². The van der Waals surface area contributed by atoms with Gasteiger partial charge in [0.25, 0.3) is 5.69 Å². The van der Waals surface area contributed by atoms with Gasteiger partial charge in [0, 0.05) is 17.2 Å². The molecular formula is C11H10ClNO4. The van der Waals surface area contributed by atoms with E-state index in [2.05, 4.69) is 4.74 Å². The second-order valence-electron chi connectivity index (χ2n) is 3.05. The van der Waals surface area contributed by atoms with Crippen molar-refractivity contribution in [2.24, 2.45) is 0 Å². The number of carbonyl (C=O) groups is 1. The van der Waals surface area contributed by atoms with Gasteiger partial charge in [-0.1, -0.05) is 11.6 Å². The highest BCUT2D eigenvalue weighted by Gasteiger charge is 2.12. The van der Waals surface area contributed by atoms with Crippen LogP contribution < -0.4 is 0 Å². The molecule has 0 aliphatic carbocycles. The van der Waals surface area contributed by atoms with Crippen LogP contribution in [0.4, 0.5) is 5.69 Å². The van der Waals surface area contributed by atoms with Gasteiger partial charge in [-0.3, -0.25) is 10.1 Å². The maximum atomic E-state index is 11.1. The van der Waals surface area contributed by atoms with Gasteiger partial charge in [0.2, 0.25) is 0 Å². The maximum Gasteiger partial charge on any atom is 0.330 e. The van der Waals surface area contributed by atoms with Crippen LogP contribution in [0.2, 0.25) is 5.02 Å². The van der Waals surface area contributed by atoms with Gasteiger partial charge in [-0.2, -0.15) is 0 Å². The summed E-state index contributed by atoms with van der Waals surface area (Å²) in [6.45, 7) is 1.93. The molecule has 0 aromatic heterocycles. The van der Waals surface area contributed by atoms with Crippen molar-refractivity contribution in [1.29, 1.82) is 0 Å². The number of nitro groups is 1. The van der Waals surface area contributed by atoms with Crippen LogP contribution >= 0.6 is 11.6 Å². The summed E-state index contributed by atoms with van der Waals surface area (Å²) in [6, 6.07) is 4.21. The summed E-state index contributed by atoms with van der Waals surface area (Å²) in [5.41, 5.74) is 0.144. The molecule has 17 heavy (non-hydrogen) atoms. The zero-order valence-electron chi connectivity index (χ0n) is 9.05. The van der Waals surface area contributed by atoms with Crippen LogP contribution in [0.1, 0.15) is 12.5 Å². The molecule has 0 N–H and O–H groups in total. The molecule has 1 aromatic carbocycles. The van der Waals surface area contributed by atoms with Crippen molar-refractivity contribution in [3.05, 3.63) is 45.0 Å². The van der Waals surface area contributed by atoms with E-state index in [9.17, 15) is 14.9 Å². The minimum atomic E-state index is -0.559. The Kier molecular flexibility index (Phi) is 4.66. The van der Waals surface area contributed by atoms with Crippen LogP contribution in [0.5, 0.6) is 0 Å². The zero-order chi connectivity index (χ0) is 12.8. The molecular weight excluding hydrogens is 246 g/mol. The van der Waals surface area contributed by atoms with E-state index >= 15 is 0 Å². The van der Waals surface area contributed by atoms with Crippen LogP contribution in [-0.2, 0) is 9.53 Å². The molecule has 6 heteroatoms. The van der Waals surface area contributed by atoms with Crippen molar-refractivity contribution >= 4 is 29.3 Å².